The van der Waals surface area contributed by atoms with Gasteiger partial charge in [-0.3, -0.25) is 15.3 Å². The predicted molar refractivity (Wildman–Crippen MR) is 29.7 cm³/mol. The predicted octanol–water partition coefficient (Wildman–Crippen LogP) is -0.263. The highest BCUT2D eigenvalue weighted by Gasteiger charge is 1.91. The van der Waals surface area contributed by atoms with Gasteiger partial charge in [0.1, 0.15) is 0 Å². The monoisotopic (exact) mass is 136 g/mol. The Balaban J connectivity index is 2.75. The van der Waals surface area contributed by atoms with E-state index in [1.807, 2.05) is 0 Å². The van der Waals surface area contributed by atoms with Crippen molar-refractivity contribution in [1.82, 2.24) is 5.39 Å². The van der Waals surface area contributed by atoms with E-state index in [0.717, 1.165) is 12.8 Å². The Bertz CT molecular complexity index is 59.8. The van der Waals surface area contributed by atoms with Crippen LogP contribution in [-0.2, 0) is 4.84 Å². The first-order valence-electron chi connectivity index (χ1n) is 2.78. The Kier molecular flexibility index (Phi) is 5.80. The number of hydrogen-bond donors (Lipinski definition) is 3. The van der Waals surface area contributed by atoms with Crippen molar-refractivity contribution in [2.45, 2.75) is 12.8 Å². The molecule has 0 saturated carbocycles. The lowest BCUT2D eigenvalue weighted by molar-refractivity contribution is -0.492. The number of rotatable bonds is 5. The molecule has 0 unspecified atom stereocenters. The van der Waals surface area contributed by atoms with E-state index < -0.39 is 0 Å². The SMILES string of the molecule is NCCCCON(O)O. The van der Waals surface area contributed by atoms with Gasteiger partial charge >= 0.3 is 0 Å². The highest BCUT2D eigenvalue weighted by atomic mass is 17.1. The van der Waals surface area contributed by atoms with Crippen LogP contribution in [0.15, 0.2) is 0 Å². The normalized spacial score (nSPS) is 10.7. The second-order valence-corrected chi connectivity index (χ2v) is 1.58. The van der Waals surface area contributed by atoms with Gasteiger partial charge in [-0.2, -0.15) is 0 Å². The standard InChI is InChI=1S/C4H12N2O3/c5-3-1-2-4-9-6(7)8/h7-8H,1-5H2. The molecular formula is C4H12N2O3. The van der Waals surface area contributed by atoms with Gasteiger partial charge < -0.3 is 5.73 Å². The first kappa shape index (κ1) is 8.80. The van der Waals surface area contributed by atoms with Crippen molar-refractivity contribution in [1.29, 1.82) is 0 Å². The van der Waals surface area contributed by atoms with Gasteiger partial charge in [-0.25, -0.2) is 0 Å². The molecule has 0 rings (SSSR count). The number of nitrogens with two attached hydrogens (primary N) is 1. The molecule has 5 heteroatoms. The maximum Gasteiger partial charge on any atom is 0.0736 e. The van der Waals surface area contributed by atoms with E-state index in [-0.39, 0.29) is 12.0 Å². The molecule has 0 radical (unpaired) electrons. The van der Waals surface area contributed by atoms with Crippen LogP contribution in [-0.4, -0.2) is 29.0 Å². The molecule has 0 spiro atoms. The summed E-state index contributed by atoms with van der Waals surface area (Å²) >= 11 is 0. The van der Waals surface area contributed by atoms with E-state index in [1.165, 1.54) is 0 Å². The molecule has 0 bridgehead atoms. The minimum Gasteiger partial charge on any atom is -0.330 e. The van der Waals surface area contributed by atoms with Crippen LogP contribution in [0.1, 0.15) is 12.8 Å². The van der Waals surface area contributed by atoms with E-state index in [2.05, 4.69) is 4.84 Å². The zero-order valence-corrected chi connectivity index (χ0v) is 5.16. The van der Waals surface area contributed by atoms with Gasteiger partial charge in [0.2, 0.25) is 0 Å². The Hall–Kier alpha value is -0.200. The summed E-state index contributed by atoms with van der Waals surface area (Å²) in [6, 6.07) is 0. The first-order valence-corrected chi connectivity index (χ1v) is 2.78. The van der Waals surface area contributed by atoms with Gasteiger partial charge in [0.25, 0.3) is 0 Å². The molecule has 0 aromatic rings. The van der Waals surface area contributed by atoms with Crippen molar-refractivity contribution in [3.05, 3.63) is 0 Å². The maximum atomic E-state index is 7.99. The summed E-state index contributed by atoms with van der Waals surface area (Å²) in [4.78, 5) is 4.23. The molecular weight excluding hydrogens is 124 g/mol. The minimum absolute atomic E-state index is 0.282. The molecule has 0 saturated heterocycles. The first-order chi connectivity index (χ1) is 4.27. The smallest absolute Gasteiger partial charge is 0.0736 e. The van der Waals surface area contributed by atoms with Crippen LogP contribution in [0.5, 0.6) is 0 Å². The number of hydrogen-bond acceptors (Lipinski definition) is 5. The fourth-order valence-corrected chi connectivity index (χ4v) is 0.393. The Morgan fingerprint density at radius 1 is 1.33 bits per heavy atom. The van der Waals surface area contributed by atoms with Crippen LogP contribution in [0.2, 0.25) is 0 Å². The molecule has 0 aliphatic rings. The van der Waals surface area contributed by atoms with Gasteiger partial charge in [0.15, 0.2) is 0 Å². The zero-order chi connectivity index (χ0) is 7.11. The molecule has 0 aromatic carbocycles. The van der Waals surface area contributed by atoms with E-state index in [1.54, 1.807) is 0 Å². The van der Waals surface area contributed by atoms with Gasteiger partial charge in [-0.15, -0.1) is 0 Å². The number of unbranched alkanes of at least 4 members (excludes halogenated alkanes) is 1. The summed E-state index contributed by atoms with van der Waals surface area (Å²) in [7, 11) is 0. The molecule has 0 aliphatic carbocycles. The summed E-state index contributed by atoms with van der Waals surface area (Å²) in [5.41, 5.74) is 5.15. The number of nitrogens with zero attached hydrogens (tertiary/aromatic N) is 1. The van der Waals surface area contributed by atoms with E-state index in [0.29, 0.717) is 6.54 Å². The summed E-state index contributed by atoms with van der Waals surface area (Å²) in [5, 5.41) is 15.7. The minimum atomic E-state index is -0.295. The lowest BCUT2D eigenvalue weighted by Gasteiger charge is -2.04. The van der Waals surface area contributed by atoms with E-state index >= 15 is 0 Å². The van der Waals surface area contributed by atoms with Crippen molar-refractivity contribution in [2.24, 2.45) is 5.73 Å². The largest absolute Gasteiger partial charge is 0.330 e. The molecule has 4 N–H and O–H groups in total. The fourth-order valence-electron chi connectivity index (χ4n) is 0.393. The van der Waals surface area contributed by atoms with Crippen LogP contribution in [0.4, 0.5) is 0 Å². The molecule has 9 heavy (non-hydrogen) atoms. The lowest BCUT2D eigenvalue weighted by atomic mass is 10.3. The van der Waals surface area contributed by atoms with Crippen LogP contribution in [0, 0.1) is 0 Å². The second kappa shape index (κ2) is 5.93. The van der Waals surface area contributed by atoms with Gasteiger partial charge in [-0.05, 0) is 19.4 Å². The summed E-state index contributed by atoms with van der Waals surface area (Å²) < 4.78 is 0. The highest BCUT2D eigenvalue weighted by molar-refractivity contribution is 4.36. The van der Waals surface area contributed by atoms with Crippen molar-refractivity contribution in [2.75, 3.05) is 13.2 Å². The third kappa shape index (κ3) is 7.80. The second-order valence-electron chi connectivity index (χ2n) is 1.58. The van der Waals surface area contributed by atoms with Crippen LogP contribution < -0.4 is 5.73 Å². The Labute approximate surface area is 53.5 Å². The van der Waals surface area contributed by atoms with E-state index in [4.69, 9.17) is 16.1 Å². The van der Waals surface area contributed by atoms with Gasteiger partial charge in [-0.1, -0.05) is 0 Å². The zero-order valence-electron chi connectivity index (χ0n) is 5.16. The van der Waals surface area contributed by atoms with Crippen LogP contribution in [0.3, 0.4) is 0 Å². The molecule has 0 atom stereocenters. The fraction of sp³-hybridized carbons (Fsp3) is 1.00. The summed E-state index contributed by atoms with van der Waals surface area (Å²) in [6.07, 6.45) is 1.56. The molecule has 0 fully saturated rings. The molecule has 56 valence electrons. The Morgan fingerprint density at radius 2 is 2.00 bits per heavy atom. The van der Waals surface area contributed by atoms with Crippen LogP contribution in [0.25, 0.3) is 0 Å². The molecule has 0 heterocycles. The van der Waals surface area contributed by atoms with Crippen molar-refractivity contribution in [3.8, 4) is 0 Å². The maximum absolute atomic E-state index is 7.99. The van der Waals surface area contributed by atoms with Crippen molar-refractivity contribution < 1.29 is 15.3 Å². The third-order valence-corrected chi connectivity index (χ3v) is 0.805. The highest BCUT2D eigenvalue weighted by Crippen LogP contribution is 1.87. The Morgan fingerprint density at radius 3 is 2.44 bits per heavy atom. The van der Waals surface area contributed by atoms with Gasteiger partial charge in [0.05, 0.1) is 12.0 Å². The molecule has 0 aromatic heterocycles. The van der Waals surface area contributed by atoms with Crippen molar-refractivity contribution >= 4 is 0 Å². The summed E-state index contributed by atoms with van der Waals surface area (Å²) in [5.74, 6) is 0. The topological polar surface area (TPSA) is 79.0 Å². The van der Waals surface area contributed by atoms with Gasteiger partial charge in [0, 0.05) is 0 Å². The van der Waals surface area contributed by atoms with E-state index in [9.17, 15) is 0 Å². The quantitative estimate of drug-likeness (QED) is 0.358. The molecule has 0 aliphatic heterocycles. The molecule has 5 nitrogen and oxygen atoms in total. The van der Waals surface area contributed by atoms with Crippen LogP contribution >= 0.6 is 0 Å². The average Bonchev–Trinajstić information content (AvgIpc) is 1.80. The lowest BCUT2D eigenvalue weighted by Crippen LogP contribution is -2.15. The summed E-state index contributed by atoms with van der Waals surface area (Å²) in [6.45, 7) is 0.879. The van der Waals surface area contributed by atoms with Crippen molar-refractivity contribution in [3.63, 3.8) is 0 Å². The average molecular weight is 136 g/mol. The molecule has 0 amide bonds. The third-order valence-electron chi connectivity index (χ3n) is 0.805.